The molecule has 1 N–H and O–H groups in total. The van der Waals surface area contributed by atoms with Gasteiger partial charge in [0.25, 0.3) is 0 Å². The predicted octanol–water partition coefficient (Wildman–Crippen LogP) is 3.26. The third-order valence-corrected chi connectivity index (χ3v) is 3.75. The molecule has 3 heteroatoms. The lowest BCUT2D eigenvalue weighted by molar-refractivity contribution is 0.119. The molecular formula is C18H32N2O. The molecule has 0 amide bonds. The van der Waals surface area contributed by atoms with Crippen molar-refractivity contribution in [2.24, 2.45) is 0 Å². The van der Waals surface area contributed by atoms with Gasteiger partial charge in [-0.3, -0.25) is 0 Å². The highest BCUT2D eigenvalue weighted by Gasteiger charge is 2.13. The molecule has 0 saturated heterocycles. The molecule has 0 saturated carbocycles. The Morgan fingerprint density at radius 1 is 1.14 bits per heavy atom. The van der Waals surface area contributed by atoms with E-state index in [0.29, 0.717) is 6.04 Å². The molecule has 1 unspecified atom stereocenters. The Morgan fingerprint density at radius 2 is 1.86 bits per heavy atom. The van der Waals surface area contributed by atoms with Crippen molar-refractivity contribution >= 4 is 0 Å². The molecule has 1 rings (SSSR count). The van der Waals surface area contributed by atoms with Crippen LogP contribution < -0.4 is 5.32 Å². The van der Waals surface area contributed by atoms with E-state index in [1.807, 2.05) is 6.92 Å². The lowest BCUT2D eigenvalue weighted by Crippen LogP contribution is -2.35. The quantitative estimate of drug-likeness (QED) is 0.634. The summed E-state index contributed by atoms with van der Waals surface area (Å²) in [7, 11) is 2.17. The number of nitrogens with zero attached hydrogens (tertiary/aromatic N) is 1. The second kappa shape index (κ2) is 10.8. The molecule has 0 aliphatic heterocycles. The maximum atomic E-state index is 5.44. The van der Waals surface area contributed by atoms with Crippen molar-refractivity contribution < 1.29 is 4.74 Å². The maximum absolute atomic E-state index is 5.44. The Bertz CT molecular complexity index is 364. The molecule has 1 atom stereocenters. The molecule has 0 radical (unpaired) electrons. The summed E-state index contributed by atoms with van der Waals surface area (Å²) in [5, 5.41) is 3.66. The number of rotatable bonds is 11. The monoisotopic (exact) mass is 292 g/mol. The van der Waals surface area contributed by atoms with E-state index >= 15 is 0 Å². The SMILES string of the molecule is CCCNC(CN(C)CCOCC)c1ccc(CC)cc1. The molecule has 3 nitrogen and oxygen atoms in total. The van der Waals surface area contributed by atoms with E-state index in [1.165, 1.54) is 11.1 Å². The summed E-state index contributed by atoms with van der Waals surface area (Å²) in [6.45, 7) is 11.1. The number of nitrogens with one attached hydrogen (secondary N) is 1. The van der Waals surface area contributed by atoms with E-state index in [0.717, 1.165) is 45.7 Å². The zero-order valence-corrected chi connectivity index (χ0v) is 14.2. The third kappa shape index (κ3) is 7.07. The number of hydrogen-bond acceptors (Lipinski definition) is 3. The number of benzene rings is 1. The van der Waals surface area contributed by atoms with Crippen LogP contribution in [0.15, 0.2) is 24.3 Å². The summed E-state index contributed by atoms with van der Waals surface area (Å²) < 4.78 is 5.44. The highest BCUT2D eigenvalue weighted by Crippen LogP contribution is 2.15. The summed E-state index contributed by atoms with van der Waals surface area (Å²) in [6.07, 6.45) is 2.26. The van der Waals surface area contributed by atoms with Gasteiger partial charge in [0.1, 0.15) is 0 Å². The van der Waals surface area contributed by atoms with Crippen molar-refractivity contribution in [1.29, 1.82) is 0 Å². The van der Waals surface area contributed by atoms with Gasteiger partial charge in [-0.15, -0.1) is 0 Å². The molecule has 1 aromatic rings. The van der Waals surface area contributed by atoms with Crippen molar-refractivity contribution in [2.45, 2.75) is 39.7 Å². The van der Waals surface area contributed by atoms with Crippen LogP contribution in [-0.4, -0.2) is 44.8 Å². The van der Waals surface area contributed by atoms with Gasteiger partial charge in [0.15, 0.2) is 0 Å². The average molecular weight is 292 g/mol. The fourth-order valence-corrected chi connectivity index (χ4v) is 2.36. The molecule has 0 fully saturated rings. The summed E-state index contributed by atoms with van der Waals surface area (Å²) in [5.74, 6) is 0. The van der Waals surface area contributed by atoms with Gasteiger partial charge < -0.3 is 15.0 Å². The molecule has 120 valence electrons. The van der Waals surface area contributed by atoms with Crippen molar-refractivity contribution in [3.63, 3.8) is 0 Å². The van der Waals surface area contributed by atoms with Crippen LogP contribution in [0.4, 0.5) is 0 Å². The van der Waals surface area contributed by atoms with Crippen LogP contribution in [0, 0.1) is 0 Å². The number of aryl methyl sites for hydroxylation is 1. The molecule has 0 spiro atoms. The van der Waals surface area contributed by atoms with E-state index in [1.54, 1.807) is 0 Å². The van der Waals surface area contributed by atoms with Crippen LogP contribution in [0.5, 0.6) is 0 Å². The summed E-state index contributed by atoms with van der Waals surface area (Å²) in [5.41, 5.74) is 2.78. The van der Waals surface area contributed by atoms with Crippen LogP contribution >= 0.6 is 0 Å². The minimum Gasteiger partial charge on any atom is -0.380 e. The zero-order chi connectivity index (χ0) is 15.5. The Kier molecular flexibility index (Phi) is 9.31. The highest BCUT2D eigenvalue weighted by molar-refractivity contribution is 5.25. The topological polar surface area (TPSA) is 24.5 Å². The second-order valence-electron chi connectivity index (χ2n) is 5.56. The van der Waals surface area contributed by atoms with Crippen molar-refractivity contribution in [2.75, 3.05) is 39.9 Å². The van der Waals surface area contributed by atoms with Gasteiger partial charge in [-0.05, 0) is 44.5 Å². The van der Waals surface area contributed by atoms with Gasteiger partial charge in [0.2, 0.25) is 0 Å². The van der Waals surface area contributed by atoms with E-state index < -0.39 is 0 Å². The smallest absolute Gasteiger partial charge is 0.0593 e. The van der Waals surface area contributed by atoms with Gasteiger partial charge in [-0.25, -0.2) is 0 Å². The molecule has 0 bridgehead atoms. The Morgan fingerprint density at radius 3 is 2.43 bits per heavy atom. The zero-order valence-electron chi connectivity index (χ0n) is 14.2. The Hall–Kier alpha value is -0.900. The largest absolute Gasteiger partial charge is 0.380 e. The van der Waals surface area contributed by atoms with Crippen molar-refractivity contribution in [3.05, 3.63) is 35.4 Å². The van der Waals surface area contributed by atoms with Crippen molar-refractivity contribution in [3.8, 4) is 0 Å². The highest BCUT2D eigenvalue weighted by atomic mass is 16.5. The summed E-state index contributed by atoms with van der Waals surface area (Å²) >= 11 is 0. The van der Waals surface area contributed by atoms with Crippen LogP contribution in [0.25, 0.3) is 0 Å². The molecule has 0 aliphatic carbocycles. The fraction of sp³-hybridized carbons (Fsp3) is 0.667. The first-order valence-electron chi connectivity index (χ1n) is 8.29. The predicted molar refractivity (Wildman–Crippen MR) is 90.8 cm³/mol. The van der Waals surface area contributed by atoms with E-state index in [9.17, 15) is 0 Å². The van der Waals surface area contributed by atoms with Crippen LogP contribution in [0.2, 0.25) is 0 Å². The van der Waals surface area contributed by atoms with Crippen molar-refractivity contribution in [1.82, 2.24) is 10.2 Å². The van der Waals surface area contributed by atoms with Gasteiger partial charge in [0.05, 0.1) is 6.61 Å². The molecule has 0 aliphatic rings. The lowest BCUT2D eigenvalue weighted by atomic mass is 10.0. The second-order valence-corrected chi connectivity index (χ2v) is 5.56. The normalized spacial score (nSPS) is 12.8. The van der Waals surface area contributed by atoms with Crippen LogP contribution in [0.1, 0.15) is 44.4 Å². The van der Waals surface area contributed by atoms with Crippen LogP contribution in [-0.2, 0) is 11.2 Å². The molecule has 0 aromatic heterocycles. The lowest BCUT2D eigenvalue weighted by Gasteiger charge is -2.25. The van der Waals surface area contributed by atoms with E-state index in [-0.39, 0.29) is 0 Å². The van der Waals surface area contributed by atoms with Gasteiger partial charge in [-0.1, -0.05) is 38.1 Å². The molecule has 1 aromatic carbocycles. The Labute approximate surface area is 130 Å². The number of likely N-dealkylation sites (N-methyl/N-ethyl adjacent to an activating group) is 1. The number of ether oxygens (including phenoxy) is 1. The molecular weight excluding hydrogens is 260 g/mol. The molecule has 0 heterocycles. The summed E-state index contributed by atoms with van der Waals surface area (Å²) in [6, 6.07) is 9.42. The minimum absolute atomic E-state index is 0.391. The average Bonchev–Trinajstić information content (AvgIpc) is 2.52. The maximum Gasteiger partial charge on any atom is 0.0593 e. The fourth-order valence-electron chi connectivity index (χ4n) is 2.36. The summed E-state index contributed by atoms with van der Waals surface area (Å²) in [4.78, 5) is 2.34. The number of hydrogen-bond donors (Lipinski definition) is 1. The van der Waals surface area contributed by atoms with Gasteiger partial charge in [-0.2, -0.15) is 0 Å². The first-order valence-corrected chi connectivity index (χ1v) is 8.29. The van der Waals surface area contributed by atoms with E-state index in [2.05, 4.69) is 55.4 Å². The van der Waals surface area contributed by atoms with E-state index in [4.69, 9.17) is 4.74 Å². The Balaban J connectivity index is 2.60. The van der Waals surface area contributed by atoms with Gasteiger partial charge >= 0.3 is 0 Å². The standard InChI is InChI=1S/C18H32N2O/c1-5-12-19-18(15-20(4)13-14-21-7-3)17-10-8-16(6-2)9-11-17/h8-11,18-19H,5-7,12-15H2,1-4H3. The van der Waals surface area contributed by atoms with Gasteiger partial charge in [0, 0.05) is 25.7 Å². The molecule has 21 heavy (non-hydrogen) atoms. The first-order chi connectivity index (χ1) is 10.2. The minimum atomic E-state index is 0.391. The first kappa shape index (κ1) is 18.1. The third-order valence-electron chi connectivity index (χ3n) is 3.75. The van der Waals surface area contributed by atoms with Crippen LogP contribution in [0.3, 0.4) is 0 Å².